The van der Waals surface area contributed by atoms with Crippen molar-refractivity contribution in [3.05, 3.63) is 92.7 Å². The number of nitrogens with one attached hydrogen (secondary N) is 6. The molecule has 4 aliphatic rings. The molecular weight excluding hydrogens is 997 g/mol. The van der Waals surface area contributed by atoms with Gasteiger partial charge in [-0.2, -0.15) is 0 Å². The maximum Gasteiger partial charge on any atom is 0.246 e. The fourth-order valence-electron chi connectivity index (χ4n) is 10.9. The summed E-state index contributed by atoms with van der Waals surface area (Å²) >= 11 is 1.34. The van der Waals surface area contributed by atoms with E-state index in [1.807, 2.05) is 90.1 Å². The number of aryl methyl sites for hydroxylation is 2. The zero-order valence-electron chi connectivity index (χ0n) is 46.8. The topological polar surface area (TPSA) is 222 Å². The maximum absolute atomic E-state index is 14.6. The molecule has 8 amide bonds. The van der Waals surface area contributed by atoms with Gasteiger partial charge in [0.05, 0.1) is 50.1 Å². The van der Waals surface area contributed by atoms with Gasteiger partial charge in [-0.25, -0.2) is 0 Å². The monoisotopic (exact) mass is 1080 g/mol. The summed E-state index contributed by atoms with van der Waals surface area (Å²) in [5.41, 5.74) is 3.00. The summed E-state index contributed by atoms with van der Waals surface area (Å²) in [4.78, 5) is 121. The number of piperazine rings is 2. The summed E-state index contributed by atoms with van der Waals surface area (Å²) in [7, 11) is 3.33. The lowest BCUT2D eigenvalue weighted by Gasteiger charge is -2.44. The quantitative estimate of drug-likeness (QED) is 0.123. The molecule has 0 saturated carbocycles. The fraction of sp³-hybridized carbons (Fsp3) is 0.586. The van der Waals surface area contributed by atoms with Gasteiger partial charge in [-0.1, -0.05) is 90.1 Å². The predicted octanol–water partition coefficient (Wildman–Crippen LogP) is 3.58. The molecule has 0 unspecified atom stereocenters. The van der Waals surface area contributed by atoms with Gasteiger partial charge < -0.3 is 51.5 Å². The second kappa shape index (κ2) is 25.1. The van der Waals surface area contributed by atoms with Crippen molar-refractivity contribution in [2.24, 2.45) is 10.8 Å². The van der Waals surface area contributed by atoms with Crippen LogP contribution in [0.4, 0.5) is 0 Å². The molecule has 8 atom stereocenters. The van der Waals surface area contributed by atoms with Crippen molar-refractivity contribution in [3.8, 4) is 0 Å². The average molecular weight is 1080 g/mol. The van der Waals surface area contributed by atoms with E-state index in [1.165, 1.54) is 32.3 Å². The minimum atomic E-state index is -1.03. The Morgan fingerprint density at radius 2 is 0.935 bits per heavy atom. The largest absolute Gasteiger partial charge is 0.347 e. The lowest BCUT2D eigenvalue weighted by atomic mass is 9.85. The molecule has 2 saturated heterocycles. The molecule has 19 heteroatoms. The van der Waals surface area contributed by atoms with Crippen LogP contribution in [-0.2, 0) is 64.0 Å². The van der Waals surface area contributed by atoms with Crippen molar-refractivity contribution < 1.29 is 38.4 Å². The van der Waals surface area contributed by atoms with E-state index in [0.29, 0.717) is 9.75 Å². The Morgan fingerprint density at radius 3 is 1.30 bits per heavy atom. The van der Waals surface area contributed by atoms with Crippen LogP contribution in [0.5, 0.6) is 0 Å². The van der Waals surface area contributed by atoms with E-state index >= 15 is 0 Å². The number of hydrogen-bond acceptors (Lipinski definition) is 11. The number of carbonyl (C=O) groups is 8. The first-order chi connectivity index (χ1) is 36.5. The zero-order chi connectivity index (χ0) is 55.9. The normalized spacial score (nSPS) is 21.3. The van der Waals surface area contributed by atoms with Crippen molar-refractivity contribution in [2.75, 3.05) is 53.4 Å². The Hall–Kier alpha value is -6.18. The lowest BCUT2D eigenvalue weighted by Crippen LogP contribution is -2.66. The van der Waals surface area contributed by atoms with Gasteiger partial charge in [-0.15, -0.1) is 11.3 Å². The number of carbonyl (C=O) groups excluding carboxylic acids is 8. The maximum atomic E-state index is 14.6. The highest BCUT2D eigenvalue weighted by atomic mass is 32.1. The first kappa shape index (κ1) is 58.5. The summed E-state index contributed by atoms with van der Waals surface area (Å²) < 4.78 is 0. The summed E-state index contributed by atoms with van der Waals surface area (Å²) in [6, 6.07) is 14.1. The van der Waals surface area contributed by atoms with E-state index in [4.69, 9.17) is 0 Å². The highest BCUT2D eigenvalue weighted by Crippen LogP contribution is 2.33. The number of likely N-dealkylation sites (N-methyl/N-ethyl adjacent to an activating group) is 2. The molecule has 0 radical (unpaired) electrons. The number of thiophene rings is 1. The van der Waals surface area contributed by atoms with Crippen LogP contribution in [0.2, 0.25) is 0 Å². The Morgan fingerprint density at radius 1 is 0.558 bits per heavy atom. The van der Waals surface area contributed by atoms with Crippen LogP contribution in [0.3, 0.4) is 0 Å². The van der Waals surface area contributed by atoms with E-state index in [9.17, 15) is 38.4 Å². The van der Waals surface area contributed by atoms with Crippen LogP contribution < -0.4 is 31.9 Å². The second-order valence-electron chi connectivity index (χ2n) is 23.4. The Balaban J connectivity index is 1.05. The van der Waals surface area contributed by atoms with E-state index in [0.717, 1.165) is 49.7 Å². The first-order valence-electron chi connectivity index (χ1n) is 27.4. The van der Waals surface area contributed by atoms with Gasteiger partial charge in [0.1, 0.15) is 24.2 Å². The second-order valence-corrected chi connectivity index (χ2v) is 24.7. The predicted molar refractivity (Wildman–Crippen MR) is 296 cm³/mol. The van der Waals surface area contributed by atoms with Gasteiger partial charge in [0.2, 0.25) is 47.3 Å². The molecule has 3 aromatic rings. The molecule has 2 aromatic carbocycles. The third-order valence-electron chi connectivity index (χ3n) is 15.8. The van der Waals surface area contributed by atoms with Crippen molar-refractivity contribution in [3.63, 3.8) is 0 Å². The van der Waals surface area contributed by atoms with E-state index in [-0.39, 0.29) is 99.6 Å². The summed E-state index contributed by atoms with van der Waals surface area (Å²) in [5, 5.41) is 18.2. The molecule has 18 nitrogen and oxygen atoms in total. The number of hydrogen-bond donors (Lipinski definition) is 6. The molecule has 2 fully saturated rings. The molecular formula is C58H82N10O8S. The van der Waals surface area contributed by atoms with E-state index in [2.05, 4.69) is 44.0 Å². The molecule has 2 aliphatic carbocycles. The summed E-state index contributed by atoms with van der Waals surface area (Å²) in [6.45, 7) is 15.0. The zero-order valence-corrected chi connectivity index (χ0v) is 47.6. The molecule has 1 aromatic heterocycles. The SMILES string of the molecule is CN[C@@H](C)C(=O)N[C@H](C(=O)N1CCN(C(=O)Cc2ccc(CC(=O)N3CCN(C(=O)[C@@H](NC(=O)[C@H](C)NC)C(C)(C)C)[C@H](C(=O)N[C@@H]4CCCc5ccccc54)C3)s2)C[C@H]1C(=O)N[C@@H]1CCCc2ccccc21)C(C)(C)C. The van der Waals surface area contributed by atoms with Crippen molar-refractivity contribution in [1.29, 1.82) is 0 Å². The molecule has 0 bridgehead atoms. The first-order valence-corrected chi connectivity index (χ1v) is 28.3. The number of amides is 8. The van der Waals surface area contributed by atoms with Crippen LogP contribution in [0, 0.1) is 10.8 Å². The third kappa shape index (κ3) is 14.1. The van der Waals surface area contributed by atoms with Gasteiger partial charge in [-0.05, 0) is 112 Å². The number of fused-ring (bicyclic) bond motifs is 2. The van der Waals surface area contributed by atoms with Crippen LogP contribution in [-0.4, -0.2) is 156 Å². The highest BCUT2D eigenvalue weighted by Gasteiger charge is 2.46. The van der Waals surface area contributed by atoms with Crippen molar-refractivity contribution >= 4 is 58.6 Å². The van der Waals surface area contributed by atoms with Gasteiger partial charge in [0.25, 0.3) is 0 Å². The molecule has 0 spiro atoms. The molecule has 418 valence electrons. The molecule has 2 aliphatic heterocycles. The molecule has 7 rings (SSSR count). The summed E-state index contributed by atoms with van der Waals surface area (Å²) in [6.07, 6.45) is 5.06. The molecule has 77 heavy (non-hydrogen) atoms. The van der Waals surface area contributed by atoms with Gasteiger partial charge in [0.15, 0.2) is 0 Å². The Labute approximate surface area is 458 Å². The van der Waals surface area contributed by atoms with Gasteiger partial charge in [0, 0.05) is 35.9 Å². The smallest absolute Gasteiger partial charge is 0.246 e. The minimum Gasteiger partial charge on any atom is -0.347 e. The molecule has 3 heterocycles. The van der Waals surface area contributed by atoms with Crippen LogP contribution in [0.25, 0.3) is 0 Å². The van der Waals surface area contributed by atoms with Gasteiger partial charge in [-0.3, -0.25) is 38.4 Å². The number of rotatable bonds is 16. The Kier molecular flexibility index (Phi) is 19.1. The average Bonchev–Trinajstić information content (AvgIpc) is 3.85. The van der Waals surface area contributed by atoms with Crippen LogP contribution in [0.15, 0.2) is 60.7 Å². The van der Waals surface area contributed by atoms with Crippen LogP contribution in [0.1, 0.15) is 125 Å². The highest BCUT2D eigenvalue weighted by molar-refractivity contribution is 7.12. The lowest BCUT2D eigenvalue weighted by molar-refractivity contribution is -0.152. The van der Waals surface area contributed by atoms with E-state index < -0.39 is 58.9 Å². The van der Waals surface area contributed by atoms with Gasteiger partial charge >= 0.3 is 0 Å². The van der Waals surface area contributed by atoms with Crippen molar-refractivity contribution in [1.82, 2.24) is 51.5 Å². The number of benzene rings is 2. The minimum absolute atomic E-state index is 0.00558. The third-order valence-corrected chi connectivity index (χ3v) is 16.9. The Bertz CT molecular complexity index is 2480. The summed E-state index contributed by atoms with van der Waals surface area (Å²) in [5.74, 6) is -2.70. The van der Waals surface area contributed by atoms with E-state index in [1.54, 1.807) is 37.7 Å². The fourth-order valence-corrected chi connectivity index (χ4v) is 11.9. The molecule has 6 N–H and O–H groups in total. The van der Waals surface area contributed by atoms with Crippen molar-refractivity contribution in [2.45, 2.75) is 155 Å². The number of nitrogens with zero attached hydrogens (tertiary/aromatic N) is 4. The van der Waals surface area contributed by atoms with Crippen LogP contribution >= 0.6 is 11.3 Å². The standard InChI is InChI=1S/C58H82N10O8S/c1-35(59-9)51(71)63-49(57(3,4)5)55(75)67-29-27-65(33-45(67)53(73)61-43-23-15-19-37-17-11-13-21-41(37)43)47(69)31-39-25-26-40(77-39)32-48(70)66-28-30-68(56(76)50(58(6,7)8)64-52(72)36(2)60-10)46(34-66)54(74)62-44-24-16-20-38-18-12-14-22-42(38)44/h11-14,17-18,21-22,25-26,35-36,43-46,49-50,59-60H,15-16,19-20,23-24,27-34H2,1-10H3,(H,61,73)(H,62,74)(H,63,71)(H,64,72)/t35-,36-,43+,44+,45-,46-,49+,50+/m0/s1.